The molecule has 0 heterocycles. The zero-order valence-electron chi connectivity index (χ0n) is 15.0. The second kappa shape index (κ2) is 6.34. The predicted octanol–water partition coefficient (Wildman–Crippen LogP) is 4.98. The first-order valence-corrected chi connectivity index (χ1v) is 8.29. The summed E-state index contributed by atoms with van der Waals surface area (Å²) in [6.45, 7) is 0. The van der Waals surface area contributed by atoms with Crippen molar-refractivity contribution in [3.05, 3.63) is 68.8 Å². The summed E-state index contributed by atoms with van der Waals surface area (Å²) in [6.07, 6.45) is 0. The minimum Gasteiger partial charge on any atom is -0.493 e. The molecular formula is C20H14N2O6. The number of hydrogen-bond acceptors (Lipinski definition) is 6. The zero-order chi connectivity index (χ0) is 20.0. The second-order valence-corrected chi connectivity index (χ2v) is 6.18. The molecule has 140 valence electrons. The Hall–Kier alpha value is -3.94. The molecule has 28 heavy (non-hydrogen) atoms. The van der Waals surface area contributed by atoms with Crippen LogP contribution in [0.4, 0.5) is 11.4 Å². The first-order chi connectivity index (χ1) is 13.5. The first-order valence-electron chi connectivity index (χ1n) is 8.29. The number of nitrogens with zero attached hydrogens (tertiary/aromatic N) is 2. The second-order valence-electron chi connectivity index (χ2n) is 6.18. The topological polar surface area (TPSA) is 105 Å². The van der Waals surface area contributed by atoms with Gasteiger partial charge >= 0.3 is 0 Å². The van der Waals surface area contributed by atoms with Gasteiger partial charge in [0.15, 0.2) is 11.5 Å². The van der Waals surface area contributed by atoms with Gasteiger partial charge in [-0.3, -0.25) is 20.2 Å². The lowest BCUT2D eigenvalue weighted by Gasteiger charge is -2.14. The van der Waals surface area contributed by atoms with Crippen molar-refractivity contribution in [2.75, 3.05) is 14.2 Å². The van der Waals surface area contributed by atoms with Crippen LogP contribution in [0.5, 0.6) is 11.5 Å². The van der Waals surface area contributed by atoms with Crippen LogP contribution in [0.3, 0.4) is 0 Å². The molecule has 4 aromatic rings. The number of methoxy groups -OCH3 is 2. The Morgan fingerprint density at radius 1 is 0.750 bits per heavy atom. The molecule has 4 aromatic carbocycles. The van der Waals surface area contributed by atoms with Crippen LogP contribution in [0.15, 0.2) is 48.5 Å². The quantitative estimate of drug-likeness (QED) is 0.282. The van der Waals surface area contributed by atoms with Crippen LogP contribution in [0.2, 0.25) is 0 Å². The van der Waals surface area contributed by atoms with Gasteiger partial charge in [-0.2, -0.15) is 0 Å². The van der Waals surface area contributed by atoms with E-state index in [9.17, 15) is 20.2 Å². The number of nitro benzene ring substituents is 2. The fraction of sp³-hybridized carbons (Fsp3) is 0.100. The molecule has 0 atom stereocenters. The number of fused-ring (bicyclic) bond motifs is 5. The van der Waals surface area contributed by atoms with E-state index in [4.69, 9.17) is 9.47 Å². The van der Waals surface area contributed by atoms with Crippen molar-refractivity contribution in [3.8, 4) is 11.5 Å². The van der Waals surface area contributed by atoms with Gasteiger partial charge in [0.25, 0.3) is 11.4 Å². The molecule has 0 saturated carbocycles. The molecule has 8 nitrogen and oxygen atoms in total. The number of non-ortho nitro benzene ring substituents is 2. The van der Waals surface area contributed by atoms with Crippen molar-refractivity contribution in [3.63, 3.8) is 0 Å². The number of hydrogen-bond donors (Lipinski definition) is 0. The van der Waals surface area contributed by atoms with E-state index in [1.54, 1.807) is 6.07 Å². The largest absolute Gasteiger partial charge is 0.493 e. The van der Waals surface area contributed by atoms with Crippen LogP contribution >= 0.6 is 0 Å². The van der Waals surface area contributed by atoms with Gasteiger partial charge in [-0.25, -0.2) is 0 Å². The summed E-state index contributed by atoms with van der Waals surface area (Å²) >= 11 is 0. The lowest BCUT2D eigenvalue weighted by atomic mass is 9.93. The Bertz CT molecular complexity index is 1300. The third kappa shape index (κ3) is 2.38. The van der Waals surface area contributed by atoms with Crippen molar-refractivity contribution in [1.82, 2.24) is 0 Å². The van der Waals surface area contributed by atoms with E-state index in [1.165, 1.54) is 26.4 Å². The molecule has 0 aromatic heterocycles. The molecule has 0 radical (unpaired) electrons. The highest BCUT2D eigenvalue weighted by atomic mass is 16.6. The standard InChI is InChI=1S/C20H14N2O6/c1-27-16-10-15(22(25)26)18-17-12(8-7-11-5-3-4-6-13(11)17)9-14(21(23)24)19(18)20(16)28-2/h3-10H,1-2H3. The third-order valence-corrected chi connectivity index (χ3v) is 4.80. The van der Waals surface area contributed by atoms with Gasteiger partial charge < -0.3 is 9.47 Å². The maximum Gasteiger partial charge on any atom is 0.282 e. The van der Waals surface area contributed by atoms with Gasteiger partial charge in [-0.05, 0) is 16.2 Å². The zero-order valence-corrected chi connectivity index (χ0v) is 15.0. The summed E-state index contributed by atoms with van der Waals surface area (Å²) in [6, 6.07) is 13.6. The van der Waals surface area contributed by atoms with Gasteiger partial charge in [-0.1, -0.05) is 36.4 Å². The van der Waals surface area contributed by atoms with Gasteiger partial charge in [0.1, 0.15) is 5.39 Å². The van der Waals surface area contributed by atoms with E-state index in [-0.39, 0.29) is 33.6 Å². The number of rotatable bonds is 4. The van der Waals surface area contributed by atoms with Gasteiger partial charge in [0, 0.05) is 11.5 Å². The fourth-order valence-corrected chi connectivity index (χ4v) is 3.67. The number of benzene rings is 4. The molecule has 8 heteroatoms. The van der Waals surface area contributed by atoms with E-state index >= 15 is 0 Å². The SMILES string of the molecule is COc1cc([N+](=O)[O-])c2c(c([N+](=O)[O-])cc3ccc4ccccc4c32)c1OC. The molecule has 0 aliphatic carbocycles. The lowest BCUT2D eigenvalue weighted by Crippen LogP contribution is -2.00. The normalized spacial score (nSPS) is 11.1. The Kier molecular flexibility index (Phi) is 3.96. The van der Waals surface area contributed by atoms with Crippen LogP contribution in [0.25, 0.3) is 32.3 Å². The van der Waals surface area contributed by atoms with Crippen molar-refractivity contribution in [1.29, 1.82) is 0 Å². The van der Waals surface area contributed by atoms with Crippen molar-refractivity contribution in [2.45, 2.75) is 0 Å². The Balaban J connectivity index is 2.43. The smallest absolute Gasteiger partial charge is 0.282 e. The molecule has 0 amide bonds. The molecule has 0 bridgehead atoms. The summed E-state index contributed by atoms with van der Waals surface area (Å²) in [5.74, 6) is 0.147. The molecule has 0 aliphatic rings. The fourth-order valence-electron chi connectivity index (χ4n) is 3.67. The van der Waals surface area contributed by atoms with Crippen molar-refractivity contribution in [2.24, 2.45) is 0 Å². The number of nitro groups is 2. The minimum absolute atomic E-state index is 0.0439. The highest BCUT2D eigenvalue weighted by Crippen LogP contribution is 2.49. The molecule has 0 unspecified atom stereocenters. The minimum atomic E-state index is -0.567. The Labute approximate surface area is 158 Å². The van der Waals surface area contributed by atoms with Gasteiger partial charge in [-0.15, -0.1) is 0 Å². The first kappa shape index (κ1) is 17.5. The molecular weight excluding hydrogens is 364 g/mol. The highest BCUT2D eigenvalue weighted by molar-refractivity contribution is 6.26. The molecule has 0 spiro atoms. The third-order valence-electron chi connectivity index (χ3n) is 4.80. The van der Waals surface area contributed by atoms with Gasteiger partial charge in [0.2, 0.25) is 0 Å². The summed E-state index contributed by atoms with van der Waals surface area (Å²) < 4.78 is 10.6. The van der Waals surface area contributed by atoms with Crippen molar-refractivity contribution >= 4 is 43.7 Å². The van der Waals surface area contributed by atoms with E-state index in [2.05, 4.69) is 0 Å². The van der Waals surface area contributed by atoms with Gasteiger partial charge in [0.05, 0.1) is 35.5 Å². The monoisotopic (exact) mass is 378 g/mol. The van der Waals surface area contributed by atoms with Crippen LogP contribution in [0, 0.1) is 20.2 Å². The molecule has 0 aliphatic heterocycles. The van der Waals surface area contributed by atoms with Crippen LogP contribution in [-0.2, 0) is 0 Å². The van der Waals surface area contributed by atoms with Crippen molar-refractivity contribution < 1.29 is 19.3 Å². The van der Waals surface area contributed by atoms with E-state index < -0.39 is 9.85 Å². The average molecular weight is 378 g/mol. The Morgan fingerprint density at radius 3 is 2.04 bits per heavy atom. The molecule has 0 N–H and O–H groups in total. The van der Waals surface area contributed by atoms with E-state index in [0.29, 0.717) is 10.8 Å². The van der Waals surface area contributed by atoms with E-state index in [1.807, 2.05) is 30.3 Å². The summed E-state index contributed by atoms with van der Waals surface area (Å²) in [5.41, 5.74) is -0.561. The highest BCUT2D eigenvalue weighted by Gasteiger charge is 2.29. The molecule has 0 fully saturated rings. The Morgan fingerprint density at radius 2 is 1.39 bits per heavy atom. The maximum absolute atomic E-state index is 11.9. The summed E-state index contributed by atoms with van der Waals surface area (Å²) in [7, 11) is 2.68. The predicted molar refractivity (Wildman–Crippen MR) is 105 cm³/mol. The lowest BCUT2D eigenvalue weighted by molar-refractivity contribution is -0.384. The number of ether oxygens (including phenoxy) is 2. The average Bonchev–Trinajstić information content (AvgIpc) is 2.70. The van der Waals surface area contributed by atoms with Crippen LogP contribution < -0.4 is 9.47 Å². The molecule has 0 saturated heterocycles. The van der Waals surface area contributed by atoms with Crippen LogP contribution in [0.1, 0.15) is 0 Å². The maximum atomic E-state index is 11.9. The summed E-state index contributed by atoms with van der Waals surface area (Å²) in [4.78, 5) is 22.6. The molecule has 4 rings (SSSR count). The van der Waals surface area contributed by atoms with Crippen LogP contribution in [-0.4, -0.2) is 24.1 Å². The summed E-state index contributed by atoms with van der Waals surface area (Å²) in [5, 5.41) is 26.6. The van der Waals surface area contributed by atoms with E-state index in [0.717, 1.165) is 10.8 Å².